The van der Waals surface area contributed by atoms with Crippen molar-refractivity contribution in [1.82, 2.24) is 15.0 Å². The Morgan fingerprint density at radius 3 is 2.52 bits per heavy atom. The topological polar surface area (TPSA) is 95.1 Å². The Bertz CT molecular complexity index is 913. The molecule has 0 saturated carbocycles. The van der Waals surface area contributed by atoms with Crippen LogP contribution in [0.4, 0.5) is 11.5 Å². The monoisotopic (exact) mass is 337 g/mol. The summed E-state index contributed by atoms with van der Waals surface area (Å²) in [6.45, 7) is 3.97. The molecule has 1 heterocycles. The van der Waals surface area contributed by atoms with Gasteiger partial charge in [0.15, 0.2) is 11.5 Å². The number of carbonyl (C=O) groups excluding carboxylic acids is 1. The van der Waals surface area contributed by atoms with Crippen LogP contribution in [-0.2, 0) is 0 Å². The molecular formula is C18H19N5O2. The zero-order valence-corrected chi connectivity index (χ0v) is 14.3. The second kappa shape index (κ2) is 6.64. The molecule has 128 valence electrons. The largest absolute Gasteiger partial charge is 0.495 e. The summed E-state index contributed by atoms with van der Waals surface area (Å²) in [5.74, 6) is 0.283. The van der Waals surface area contributed by atoms with Crippen molar-refractivity contribution in [1.29, 1.82) is 0 Å². The maximum Gasteiger partial charge on any atom is 0.280 e. The first kappa shape index (κ1) is 16.5. The maximum atomic E-state index is 12.5. The standard InChI is InChI=1S/C18H19N5O2/c1-11-8-12(2)10-13(9-11)23-17(19)16(21-22-23)18(24)20-14-6-4-5-7-15(14)25-3/h4-10H,19H2,1-3H3,(H,20,24). The van der Waals surface area contributed by atoms with Gasteiger partial charge in [0.25, 0.3) is 5.91 Å². The molecule has 25 heavy (non-hydrogen) atoms. The number of anilines is 2. The van der Waals surface area contributed by atoms with Gasteiger partial charge in [0.05, 0.1) is 18.5 Å². The Morgan fingerprint density at radius 2 is 1.84 bits per heavy atom. The number of nitrogens with one attached hydrogen (secondary N) is 1. The van der Waals surface area contributed by atoms with Gasteiger partial charge in [-0.05, 0) is 49.2 Å². The van der Waals surface area contributed by atoms with Crippen molar-refractivity contribution in [3.8, 4) is 11.4 Å². The van der Waals surface area contributed by atoms with Crippen LogP contribution in [0.15, 0.2) is 42.5 Å². The highest BCUT2D eigenvalue weighted by Gasteiger charge is 2.19. The highest BCUT2D eigenvalue weighted by atomic mass is 16.5. The first-order chi connectivity index (χ1) is 12.0. The average Bonchev–Trinajstić information content (AvgIpc) is 2.96. The molecule has 0 atom stereocenters. The van der Waals surface area contributed by atoms with Gasteiger partial charge in [-0.25, -0.2) is 0 Å². The Morgan fingerprint density at radius 1 is 1.16 bits per heavy atom. The Labute approximate surface area is 145 Å². The molecule has 0 radical (unpaired) electrons. The lowest BCUT2D eigenvalue weighted by Gasteiger charge is -2.09. The van der Waals surface area contributed by atoms with E-state index in [1.807, 2.05) is 38.1 Å². The molecule has 3 rings (SSSR count). The third kappa shape index (κ3) is 3.30. The van der Waals surface area contributed by atoms with Crippen LogP contribution in [0.25, 0.3) is 5.69 Å². The van der Waals surface area contributed by atoms with Crippen molar-refractivity contribution in [2.24, 2.45) is 0 Å². The third-order valence-electron chi connectivity index (χ3n) is 3.73. The van der Waals surface area contributed by atoms with Crippen molar-refractivity contribution in [3.05, 3.63) is 59.3 Å². The smallest absolute Gasteiger partial charge is 0.280 e. The van der Waals surface area contributed by atoms with Crippen LogP contribution in [0.3, 0.4) is 0 Å². The molecule has 0 unspecified atom stereocenters. The number of methoxy groups -OCH3 is 1. The van der Waals surface area contributed by atoms with Crippen LogP contribution in [-0.4, -0.2) is 28.0 Å². The molecule has 1 aromatic heterocycles. The number of nitrogens with zero attached hydrogens (tertiary/aromatic N) is 3. The predicted octanol–water partition coefficient (Wildman–Crippen LogP) is 2.73. The molecule has 7 heteroatoms. The second-order valence-corrected chi connectivity index (χ2v) is 5.74. The second-order valence-electron chi connectivity index (χ2n) is 5.74. The predicted molar refractivity (Wildman–Crippen MR) is 96.2 cm³/mol. The number of rotatable bonds is 4. The van der Waals surface area contributed by atoms with Gasteiger partial charge in [-0.3, -0.25) is 4.79 Å². The molecule has 0 saturated heterocycles. The molecule has 2 aromatic carbocycles. The SMILES string of the molecule is COc1ccccc1NC(=O)c1nnn(-c2cc(C)cc(C)c2)c1N. The molecule has 0 spiro atoms. The van der Waals surface area contributed by atoms with Crippen LogP contribution in [0.1, 0.15) is 21.6 Å². The van der Waals surface area contributed by atoms with E-state index in [1.165, 1.54) is 11.8 Å². The molecule has 3 aromatic rings. The first-order valence-corrected chi connectivity index (χ1v) is 7.74. The number of amides is 1. The molecule has 0 aliphatic carbocycles. The lowest BCUT2D eigenvalue weighted by molar-refractivity contribution is 0.102. The lowest BCUT2D eigenvalue weighted by atomic mass is 10.1. The van der Waals surface area contributed by atoms with Gasteiger partial charge in [0, 0.05) is 0 Å². The molecular weight excluding hydrogens is 318 g/mol. The van der Waals surface area contributed by atoms with Crippen LogP contribution < -0.4 is 15.8 Å². The van der Waals surface area contributed by atoms with Gasteiger partial charge >= 0.3 is 0 Å². The van der Waals surface area contributed by atoms with Crippen LogP contribution >= 0.6 is 0 Å². The van der Waals surface area contributed by atoms with E-state index in [9.17, 15) is 4.79 Å². The molecule has 0 fully saturated rings. The van der Waals surface area contributed by atoms with Gasteiger partial charge in [-0.2, -0.15) is 4.68 Å². The molecule has 7 nitrogen and oxygen atoms in total. The van der Waals surface area contributed by atoms with E-state index in [-0.39, 0.29) is 11.5 Å². The number of hydrogen-bond acceptors (Lipinski definition) is 5. The van der Waals surface area contributed by atoms with Crippen molar-refractivity contribution < 1.29 is 9.53 Å². The van der Waals surface area contributed by atoms with E-state index in [0.717, 1.165) is 16.8 Å². The zero-order chi connectivity index (χ0) is 18.0. The molecule has 0 bridgehead atoms. The number of nitrogens with two attached hydrogens (primary N) is 1. The fraction of sp³-hybridized carbons (Fsp3) is 0.167. The molecule has 0 aliphatic rings. The van der Waals surface area contributed by atoms with E-state index in [2.05, 4.69) is 15.6 Å². The zero-order valence-electron chi connectivity index (χ0n) is 14.3. The minimum absolute atomic E-state index is 0.0602. The van der Waals surface area contributed by atoms with Gasteiger partial charge in [-0.1, -0.05) is 23.4 Å². The third-order valence-corrected chi connectivity index (χ3v) is 3.73. The number of ether oxygens (including phenoxy) is 1. The van der Waals surface area contributed by atoms with E-state index in [1.54, 1.807) is 18.2 Å². The van der Waals surface area contributed by atoms with Crippen molar-refractivity contribution in [3.63, 3.8) is 0 Å². The number of para-hydroxylation sites is 2. The van der Waals surface area contributed by atoms with Crippen molar-refractivity contribution >= 4 is 17.4 Å². The first-order valence-electron chi connectivity index (χ1n) is 7.74. The maximum absolute atomic E-state index is 12.5. The summed E-state index contributed by atoms with van der Waals surface area (Å²) in [6.07, 6.45) is 0. The van der Waals surface area contributed by atoms with Crippen molar-refractivity contribution in [2.45, 2.75) is 13.8 Å². The average molecular weight is 337 g/mol. The van der Waals surface area contributed by atoms with Crippen molar-refractivity contribution in [2.75, 3.05) is 18.2 Å². The fourth-order valence-electron chi connectivity index (χ4n) is 2.64. The number of hydrogen-bond donors (Lipinski definition) is 2. The normalized spacial score (nSPS) is 10.5. The summed E-state index contributed by atoms with van der Waals surface area (Å²) in [7, 11) is 1.54. The minimum Gasteiger partial charge on any atom is -0.495 e. The Hall–Kier alpha value is -3.35. The molecule has 0 aliphatic heterocycles. The number of aryl methyl sites for hydroxylation is 2. The Kier molecular flexibility index (Phi) is 4.38. The number of carbonyl (C=O) groups is 1. The highest BCUT2D eigenvalue weighted by molar-refractivity contribution is 6.06. The van der Waals surface area contributed by atoms with Gasteiger partial charge in [0.1, 0.15) is 5.75 Å². The number of aromatic nitrogens is 3. The quantitative estimate of drug-likeness (QED) is 0.763. The summed E-state index contributed by atoms with van der Waals surface area (Å²) in [6, 6.07) is 13.0. The van der Waals surface area contributed by atoms with Gasteiger partial charge in [-0.15, -0.1) is 5.10 Å². The van der Waals surface area contributed by atoms with Gasteiger partial charge in [0.2, 0.25) is 0 Å². The summed E-state index contributed by atoms with van der Waals surface area (Å²) in [5.41, 5.74) is 9.61. The highest BCUT2D eigenvalue weighted by Crippen LogP contribution is 2.24. The summed E-state index contributed by atoms with van der Waals surface area (Å²) >= 11 is 0. The van der Waals surface area contributed by atoms with Crippen LogP contribution in [0, 0.1) is 13.8 Å². The molecule has 1 amide bonds. The number of nitrogen functional groups attached to an aromatic ring is 1. The van der Waals surface area contributed by atoms with E-state index >= 15 is 0 Å². The fourth-order valence-corrected chi connectivity index (χ4v) is 2.64. The van der Waals surface area contributed by atoms with Crippen LogP contribution in [0.5, 0.6) is 5.75 Å². The Balaban J connectivity index is 1.91. The lowest BCUT2D eigenvalue weighted by Crippen LogP contribution is -2.15. The minimum atomic E-state index is -0.447. The van der Waals surface area contributed by atoms with E-state index < -0.39 is 5.91 Å². The summed E-state index contributed by atoms with van der Waals surface area (Å²) in [4.78, 5) is 12.5. The van der Waals surface area contributed by atoms with Crippen LogP contribution in [0.2, 0.25) is 0 Å². The van der Waals surface area contributed by atoms with E-state index in [0.29, 0.717) is 11.4 Å². The summed E-state index contributed by atoms with van der Waals surface area (Å²) < 4.78 is 6.68. The number of benzene rings is 2. The summed E-state index contributed by atoms with van der Waals surface area (Å²) in [5, 5.41) is 10.7. The molecule has 3 N–H and O–H groups in total. The van der Waals surface area contributed by atoms with Gasteiger partial charge < -0.3 is 15.8 Å². The van der Waals surface area contributed by atoms with E-state index in [4.69, 9.17) is 10.5 Å².